The lowest BCUT2D eigenvalue weighted by atomic mass is 10.1. The van der Waals surface area contributed by atoms with Gasteiger partial charge in [-0.2, -0.15) is 5.26 Å². The summed E-state index contributed by atoms with van der Waals surface area (Å²) in [7, 11) is 0. The van der Waals surface area contributed by atoms with Crippen LogP contribution in [0, 0.1) is 11.3 Å². The van der Waals surface area contributed by atoms with Crippen molar-refractivity contribution in [3.63, 3.8) is 0 Å². The normalized spacial score (nSPS) is 16.2. The fraction of sp³-hybridized carbons (Fsp3) is 0.368. The van der Waals surface area contributed by atoms with Crippen molar-refractivity contribution in [1.29, 1.82) is 5.26 Å². The number of morpholine rings is 1. The van der Waals surface area contributed by atoms with Crippen molar-refractivity contribution in [2.45, 2.75) is 13.0 Å². The fourth-order valence-corrected chi connectivity index (χ4v) is 3.38. The molecule has 2 aliphatic rings. The molecule has 0 saturated carbocycles. The summed E-state index contributed by atoms with van der Waals surface area (Å²) in [4.78, 5) is 36.2. The summed E-state index contributed by atoms with van der Waals surface area (Å²) < 4.78 is 5.34. The molecule has 1 aromatic carbocycles. The molecule has 9 heteroatoms. The van der Waals surface area contributed by atoms with Crippen LogP contribution < -0.4 is 15.8 Å². The molecule has 0 atom stereocenters. The molecule has 1 saturated heterocycles. The van der Waals surface area contributed by atoms with E-state index in [0.717, 1.165) is 5.69 Å². The lowest BCUT2D eigenvalue weighted by Crippen LogP contribution is -2.43. The summed E-state index contributed by atoms with van der Waals surface area (Å²) in [5.74, 6) is 0.568. The van der Waals surface area contributed by atoms with Gasteiger partial charge >= 0.3 is 6.03 Å². The first-order valence-electron chi connectivity index (χ1n) is 9.15. The quantitative estimate of drug-likeness (QED) is 0.805. The van der Waals surface area contributed by atoms with Crippen LogP contribution in [0.5, 0.6) is 0 Å². The Bertz CT molecular complexity index is 990. The summed E-state index contributed by atoms with van der Waals surface area (Å²) in [6, 6.07) is 8.45. The number of benzene rings is 1. The first-order chi connectivity index (χ1) is 13.6. The summed E-state index contributed by atoms with van der Waals surface area (Å²) in [6.45, 7) is 3.28. The van der Waals surface area contributed by atoms with E-state index in [1.54, 1.807) is 29.2 Å². The molecule has 0 spiro atoms. The average Bonchev–Trinajstić information content (AvgIpc) is 2.74. The highest BCUT2D eigenvalue weighted by Crippen LogP contribution is 2.18. The molecule has 4 rings (SSSR count). The Labute approximate surface area is 161 Å². The molecule has 3 heterocycles. The van der Waals surface area contributed by atoms with E-state index in [1.807, 2.05) is 11.0 Å². The minimum Gasteiger partial charge on any atom is -0.378 e. The number of amides is 2. The largest absolute Gasteiger partial charge is 0.378 e. The lowest BCUT2D eigenvalue weighted by molar-refractivity contribution is 0.122. The van der Waals surface area contributed by atoms with Gasteiger partial charge in [0.1, 0.15) is 0 Å². The molecule has 1 fully saturated rings. The molecule has 0 aliphatic carbocycles. The molecular weight excluding hydrogens is 360 g/mol. The minimum atomic E-state index is -0.308. The highest BCUT2D eigenvalue weighted by molar-refractivity contribution is 5.89. The van der Waals surface area contributed by atoms with Gasteiger partial charge in [0, 0.05) is 31.7 Å². The van der Waals surface area contributed by atoms with Gasteiger partial charge in [-0.3, -0.25) is 9.78 Å². The van der Waals surface area contributed by atoms with Gasteiger partial charge in [0.2, 0.25) is 5.95 Å². The highest BCUT2D eigenvalue weighted by Gasteiger charge is 2.26. The number of carbonyl (C=O) groups excluding carboxylic acids is 1. The monoisotopic (exact) mass is 380 g/mol. The summed E-state index contributed by atoms with van der Waals surface area (Å²) >= 11 is 0. The van der Waals surface area contributed by atoms with Crippen molar-refractivity contribution < 1.29 is 9.53 Å². The second kappa shape index (κ2) is 7.70. The zero-order valence-corrected chi connectivity index (χ0v) is 15.3. The molecule has 144 valence electrons. The van der Waals surface area contributed by atoms with Gasteiger partial charge in [0.25, 0.3) is 5.56 Å². The number of nitrogens with zero attached hydrogens (tertiary/aromatic N) is 4. The summed E-state index contributed by atoms with van der Waals surface area (Å²) in [5, 5.41) is 11.8. The molecular formula is C19H20N6O3. The van der Waals surface area contributed by atoms with Gasteiger partial charge in [-0.05, 0) is 18.2 Å². The van der Waals surface area contributed by atoms with Gasteiger partial charge in [0.05, 0.1) is 42.6 Å². The Hall–Kier alpha value is -3.38. The van der Waals surface area contributed by atoms with Gasteiger partial charge in [-0.15, -0.1) is 0 Å². The standard InChI is InChI=1S/C19H20N6O3/c20-11-13-2-1-3-14(10-13)21-19(27)25-5-4-16-15(12-25)17(26)23-18(22-16)24-6-8-28-9-7-24/h1-3,10H,4-9,12H2,(H,21,27)(H,22,23,26). The number of fused-ring (bicyclic) bond motifs is 1. The number of nitrogens with one attached hydrogen (secondary N) is 2. The smallest absolute Gasteiger partial charge is 0.322 e. The Morgan fingerprint density at radius 3 is 2.89 bits per heavy atom. The number of aromatic amines is 1. The van der Waals surface area contributed by atoms with Gasteiger partial charge in [-0.25, -0.2) is 9.78 Å². The molecule has 2 amide bonds. The molecule has 2 N–H and O–H groups in total. The molecule has 2 aliphatic heterocycles. The van der Waals surface area contributed by atoms with E-state index >= 15 is 0 Å². The third kappa shape index (κ3) is 3.68. The van der Waals surface area contributed by atoms with Gasteiger partial charge < -0.3 is 19.9 Å². The molecule has 0 bridgehead atoms. The Balaban J connectivity index is 1.49. The lowest BCUT2D eigenvalue weighted by Gasteiger charge is -2.30. The molecule has 0 radical (unpaired) electrons. The van der Waals surface area contributed by atoms with Crippen LogP contribution in [0.15, 0.2) is 29.1 Å². The maximum atomic E-state index is 12.6. The maximum absolute atomic E-state index is 12.6. The average molecular weight is 380 g/mol. The number of hydrogen-bond acceptors (Lipinski definition) is 6. The Morgan fingerprint density at radius 2 is 2.11 bits per heavy atom. The number of urea groups is 1. The van der Waals surface area contributed by atoms with Crippen molar-refractivity contribution in [3.05, 3.63) is 51.4 Å². The number of rotatable bonds is 2. The predicted octanol–water partition coefficient (Wildman–Crippen LogP) is 1.07. The SMILES string of the molecule is N#Cc1cccc(NC(=O)N2CCc3nc(N4CCOCC4)[nH]c(=O)c3C2)c1. The topological polar surface area (TPSA) is 114 Å². The van der Waals surface area contributed by atoms with Crippen LogP contribution in [-0.2, 0) is 17.7 Å². The number of H-pyrrole nitrogens is 1. The van der Waals surface area contributed by atoms with E-state index in [2.05, 4.69) is 15.3 Å². The Kier molecular flexibility index (Phi) is 4.95. The zero-order chi connectivity index (χ0) is 19.5. The number of carbonyl (C=O) groups is 1. The maximum Gasteiger partial charge on any atom is 0.322 e. The number of hydrogen-bond donors (Lipinski definition) is 2. The summed E-state index contributed by atoms with van der Waals surface area (Å²) in [5.41, 5.74) is 2.06. The van der Waals surface area contributed by atoms with Crippen molar-refractivity contribution in [2.75, 3.05) is 43.1 Å². The second-order valence-corrected chi connectivity index (χ2v) is 6.71. The number of anilines is 2. The van der Waals surface area contributed by atoms with Crippen LogP contribution in [0.3, 0.4) is 0 Å². The fourth-order valence-electron chi connectivity index (χ4n) is 3.38. The molecule has 28 heavy (non-hydrogen) atoms. The van der Waals surface area contributed by atoms with Crippen LogP contribution >= 0.6 is 0 Å². The summed E-state index contributed by atoms with van der Waals surface area (Å²) in [6.07, 6.45) is 0.516. The third-order valence-electron chi connectivity index (χ3n) is 4.90. The predicted molar refractivity (Wildman–Crippen MR) is 102 cm³/mol. The first-order valence-corrected chi connectivity index (χ1v) is 9.15. The van der Waals surface area contributed by atoms with E-state index in [-0.39, 0.29) is 18.1 Å². The van der Waals surface area contributed by atoms with Crippen LogP contribution in [0.4, 0.5) is 16.4 Å². The first kappa shape index (κ1) is 18.0. The zero-order valence-electron chi connectivity index (χ0n) is 15.3. The number of nitriles is 1. The third-order valence-corrected chi connectivity index (χ3v) is 4.90. The number of aromatic nitrogens is 2. The van der Waals surface area contributed by atoms with E-state index in [4.69, 9.17) is 10.00 Å². The van der Waals surface area contributed by atoms with Crippen LogP contribution in [-0.4, -0.2) is 53.7 Å². The van der Waals surface area contributed by atoms with Crippen LogP contribution in [0.2, 0.25) is 0 Å². The van der Waals surface area contributed by atoms with Gasteiger partial charge in [0.15, 0.2) is 0 Å². The van der Waals surface area contributed by atoms with Gasteiger partial charge in [-0.1, -0.05) is 6.07 Å². The van der Waals surface area contributed by atoms with E-state index in [9.17, 15) is 9.59 Å². The van der Waals surface area contributed by atoms with Crippen LogP contribution in [0.25, 0.3) is 0 Å². The second-order valence-electron chi connectivity index (χ2n) is 6.71. The Morgan fingerprint density at radius 1 is 1.29 bits per heavy atom. The minimum absolute atomic E-state index is 0.199. The molecule has 0 unspecified atom stereocenters. The molecule has 1 aromatic heterocycles. The van der Waals surface area contributed by atoms with E-state index < -0.39 is 0 Å². The van der Waals surface area contributed by atoms with Crippen molar-refractivity contribution in [1.82, 2.24) is 14.9 Å². The van der Waals surface area contributed by atoms with E-state index in [1.165, 1.54) is 0 Å². The molecule has 9 nitrogen and oxygen atoms in total. The van der Waals surface area contributed by atoms with Crippen molar-refractivity contribution >= 4 is 17.7 Å². The highest BCUT2D eigenvalue weighted by atomic mass is 16.5. The van der Waals surface area contributed by atoms with E-state index in [0.29, 0.717) is 62.0 Å². The van der Waals surface area contributed by atoms with Crippen molar-refractivity contribution in [3.8, 4) is 6.07 Å². The van der Waals surface area contributed by atoms with Crippen LogP contribution in [0.1, 0.15) is 16.8 Å². The molecule has 2 aromatic rings. The number of ether oxygens (including phenoxy) is 1. The van der Waals surface area contributed by atoms with Crippen molar-refractivity contribution in [2.24, 2.45) is 0 Å².